The molecule has 3 aliphatic rings. The molecule has 0 spiro atoms. The zero-order valence-corrected chi connectivity index (χ0v) is 10.9. The summed E-state index contributed by atoms with van der Waals surface area (Å²) in [5.41, 5.74) is 0. The van der Waals surface area contributed by atoms with Crippen LogP contribution in [0.15, 0.2) is 0 Å². The minimum absolute atomic E-state index is 0.0408. The average molecular weight is 265 g/mol. The van der Waals surface area contributed by atoms with Crippen molar-refractivity contribution >= 4 is 17.7 Å². The molecule has 0 aromatic heterocycles. The lowest BCUT2D eigenvalue weighted by atomic mass is 10.1. The van der Waals surface area contributed by atoms with Gasteiger partial charge >= 0.3 is 0 Å². The summed E-state index contributed by atoms with van der Waals surface area (Å²) in [6, 6.07) is 0. The van der Waals surface area contributed by atoms with Gasteiger partial charge in [0.15, 0.2) is 0 Å². The molecule has 6 heteroatoms. The summed E-state index contributed by atoms with van der Waals surface area (Å²) in [6.45, 7) is 2.92. The Balaban J connectivity index is 1.50. The Morgan fingerprint density at radius 1 is 0.947 bits per heavy atom. The summed E-state index contributed by atoms with van der Waals surface area (Å²) in [5, 5.41) is 2.69. The molecular formula is C13H19N3O3. The first-order chi connectivity index (χ1) is 9.15. The highest BCUT2D eigenvalue weighted by Gasteiger charge is 2.37. The molecule has 0 radical (unpaired) electrons. The quantitative estimate of drug-likeness (QED) is 0.711. The first-order valence-corrected chi connectivity index (χ1v) is 6.99. The fourth-order valence-electron chi connectivity index (χ4n) is 2.77. The van der Waals surface area contributed by atoms with Crippen LogP contribution >= 0.6 is 0 Å². The summed E-state index contributed by atoms with van der Waals surface area (Å²) in [6.07, 6.45) is 2.35. The fraction of sp³-hybridized carbons (Fsp3) is 0.769. The van der Waals surface area contributed by atoms with Crippen LogP contribution in [-0.4, -0.2) is 60.2 Å². The third kappa shape index (κ3) is 2.57. The number of rotatable bonds is 2. The van der Waals surface area contributed by atoms with Crippen LogP contribution < -0.4 is 5.32 Å². The highest BCUT2D eigenvalue weighted by Crippen LogP contribution is 2.31. The van der Waals surface area contributed by atoms with Gasteiger partial charge in [0.1, 0.15) is 0 Å². The van der Waals surface area contributed by atoms with Gasteiger partial charge in [0, 0.05) is 45.1 Å². The first kappa shape index (κ1) is 12.4. The Morgan fingerprint density at radius 2 is 1.47 bits per heavy atom. The minimum atomic E-state index is -0.210. The van der Waals surface area contributed by atoms with Crippen molar-refractivity contribution in [1.82, 2.24) is 15.1 Å². The van der Waals surface area contributed by atoms with Gasteiger partial charge in [-0.25, -0.2) is 0 Å². The number of hydrogen-bond donors (Lipinski definition) is 1. The second kappa shape index (κ2) is 4.83. The van der Waals surface area contributed by atoms with Gasteiger partial charge in [0.25, 0.3) is 0 Å². The zero-order chi connectivity index (χ0) is 13.4. The summed E-state index contributed by atoms with van der Waals surface area (Å²) in [5.74, 6) is 0.305. The smallest absolute Gasteiger partial charge is 0.228 e. The molecule has 2 heterocycles. The molecule has 0 bridgehead atoms. The normalized spacial score (nSPS) is 27.4. The Bertz CT molecular complexity index is 411. The van der Waals surface area contributed by atoms with Crippen LogP contribution in [0.1, 0.15) is 19.3 Å². The van der Waals surface area contributed by atoms with Crippen LogP contribution in [0.2, 0.25) is 0 Å². The van der Waals surface area contributed by atoms with E-state index in [1.807, 2.05) is 4.90 Å². The second-order valence-electron chi connectivity index (χ2n) is 5.63. The Kier molecular flexibility index (Phi) is 3.16. The summed E-state index contributed by atoms with van der Waals surface area (Å²) in [7, 11) is 0. The van der Waals surface area contributed by atoms with E-state index in [1.165, 1.54) is 0 Å². The van der Waals surface area contributed by atoms with Crippen molar-refractivity contribution in [1.29, 1.82) is 0 Å². The number of amides is 3. The SMILES string of the molecule is O=C1CC(C(=O)N2CCN(C(=O)C3CC3)CC2)CN1. The fourth-order valence-corrected chi connectivity index (χ4v) is 2.77. The van der Waals surface area contributed by atoms with E-state index in [9.17, 15) is 14.4 Å². The van der Waals surface area contributed by atoms with Crippen LogP contribution in [0.25, 0.3) is 0 Å². The number of carbonyl (C=O) groups excluding carboxylic acids is 3. The lowest BCUT2D eigenvalue weighted by Gasteiger charge is -2.35. The van der Waals surface area contributed by atoms with E-state index < -0.39 is 0 Å². The van der Waals surface area contributed by atoms with Gasteiger partial charge in [-0.2, -0.15) is 0 Å². The van der Waals surface area contributed by atoms with E-state index in [1.54, 1.807) is 4.90 Å². The molecule has 2 saturated heterocycles. The lowest BCUT2D eigenvalue weighted by molar-refractivity contribution is -0.142. The summed E-state index contributed by atoms with van der Waals surface area (Å²) in [4.78, 5) is 38.9. The van der Waals surface area contributed by atoms with Gasteiger partial charge in [-0.3, -0.25) is 14.4 Å². The molecule has 2 aliphatic heterocycles. The van der Waals surface area contributed by atoms with Gasteiger partial charge in [-0.15, -0.1) is 0 Å². The molecule has 1 aliphatic carbocycles. The Labute approximate surface area is 112 Å². The van der Waals surface area contributed by atoms with Crippen LogP contribution in [0.5, 0.6) is 0 Å². The molecule has 104 valence electrons. The van der Waals surface area contributed by atoms with Gasteiger partial charge in [-0.1, -0.05) is 0 Å². The molecular weight excluding hydrogens is 246 g/mol. The van der Waals surface area contributed by atoms with Crippen LogP contribution in [0.4, 0.5) is 0 Å². The molecule has 1 unspecified atom stereocenters. The Hall–Kier alpha value is -1.59. The number of piperazine rings is 1. The van der Waals surface area contributed by atoms with Gasteiger partial charge in [-0.05, 0) is 12.8 Å². The number of hydrogen-bond acceptors (Lipinski definition) is 3. The van der Waals surface area contributed by atoms with Crippen molar-refractivity contribution in [3.05, 3.63) is 0 Å². The minimum Gasteiger partial charge on any atom is -0.355 e. The predicted octanol–water partition coefficient (Wildman–Crippen LogP) is -0.797. The van der Waals surface area contributed by atoms with Gasteiger partial charge in [0.2, 0.25) is 17.7 Å². The molecule has 1 saturated carbocycles. The molecule has 1 atom stereocenters. The lowest BCUT2D eigenvalue weighted by Crippen LogP contribution is -2.52. The molecule has 3 rings (SSSR count). The molecule has 3 amide bonds. The highest BCUT2D eigenvalue weighted by molar-refractivity contribution is 5.89. The predicted molar refractivity (Wildman–Crippen MR) is 67.0 cm³/mol. The molecule has 19 heavy (non-hydrogen) atoms. The van der Waals surface area contributed by atoms with E-state index in [2.05, 4.69) is 5.32 Å². The molecule has 0 aromatic carbocycles. The standard InChI is InChI=1S/C13H19N3O3/c17-11-7-10(8-14-11)13(19)16-5-3-15(4-6-16)12(18)9-1-2-9/h9-10H,1-8H2,(H,14,17). The molecule has 6 nitrogen and oxygen atoms in total. The van der Waals surface area contributed by atoms with Crippen molar-refractivity contribution in [2.45, 2.75) is 19.3 Å². The maximum absolute atomic E-state index is 12.2. The molecule has 0 aromatic rings. The number of nitrogens with zero attached hydrogens (tertiary/aromatic N) is 2. The highest BCUT2D eigenvalue weighted by atomic mass is 16.2. The second-order valence-corrected chi connectivity index (χ2v) is 5.63. The maximum atomic E-state index is 12.2. The van der Waals surface area contributed by atoms with E-state index >= 15 is 0 Å². The molecule has 1 N–H and O–H groups in total. The van der Waals surface area contributed by atoms with Crippen molar-refractivity contribution in [3.63, 3.8) is 0 Å². The topological polar surface area (TPSA) is 69.7 Å². The van der Waals surface area contributed by atoms with E-state index in [-0.39, 0.29) is 29.6 Å². The average Bonchev–Trinajstić information content (AvgIpc) is 3.19. The van der Waals surface area contributed by atoms with Gasteiger partial charge in [0.05, 0.1) is 5.92 Å². The number of nitrogens with one attached hydrogen (secondary N) is 1. The largest absolute Gasteiger partial charge is 0.355 e. The van der Waals surface area contributed by atoms with Crippen molar-refractivity contribution in [3.8, 4) is 0 Å². The zero-order valence-electron chi connectivity index (χ0n) is 10.9. The third-order valence-corrected chi connectivity index (χ3v) is 4.16. The van der Waals surface area contributed by atoms with Crippen LogP contribution in [0, 0.1) is 11.8 Å². The Morgan fingerprint density at radius 3 is 1.89 bits per heavy atom. The van der Waals surface area contributed by atoms with E-state index in [4.69, 9.17) is 0 Å². The van der Waals surface area contributed by atoms with Crippen molar-refractivity contribution in [2.24, 2.45) is 11.8 Å². The van der Waals surface area contributed by atoms with Crippen molar-refractivity contribution in [2.75, 3.05) is 32.7 Å². The van der Waals surface area contributed by atoms with E-state index in [0.29, 0.717) is 39.1 Å². The van der Waals surface area contributed by atoms with Crippen molar-refractivity contribution < 1.29 is 14.4 Å². The van der Waals surface area contributed by atoms with Crippen LogP contribution in [-0.2, 0) is 14.4 Å². The number of carbonyl (C=O) groups is 3. The van der Waals surface area contributed by atoms with E-state index in [0.717, 1.165) is 12.8 Å². The molecule has 3 fully saturated rings. The first-order valence-electron chi connectivity index (χ1n) is 6.99. The summed E-state index contributed by atoms with van der Waals surface area (Å²) < 4.78 is 0. The summed E-state index contributed by atoms with van der Waals surface area (Å²) >= 11 is 0. The maximum Gasteiger partial charge on any atom is 0.228 e. The third-order valence-electron chi connectivity index (χ3n) is 4.16. The monoisotopic (exact) mass is 265 g/mol. The van der Waals surface area contributed by atoms with Gasteiger partial charge < -0.3 is 15.1 Å². The van der Waals surface area contributed by atoms with Crippen LogP contribution in [0.3, 0.4) is 0 Å².